The van der Waals surface area contributed by atoms with Crippen molar-refractivity contribution in [2.75, 3.05) is 0 Å². The molecule has 92 valence electrons. The molecule has 0 saturated carbocycles. The van der Waals surface area contributed by atoms with Gasteiger partial charge in [0.1, 0.15) is 0 Å². The maximum atomic E-state index is 4.24. The van der Waals surface area contributed by atoms with Crippen LogP contribution in [0.1, 0.15) is 11.1 Å². The average Bonchev–Trinajstić information content (AvgIpc) is 3.01. The van der Waals surface area contributed by atoms with E-state index in [0.717, 1.165) is 11.3 Å². The first-order valence-corrected chi connectivity index (χ1v) is 6.26. The molecular weight excluding hydrogens is 232 g/mol. The summed E-state index contributed by atoms with van der Waals surface area (Å²) in [6.45, 7) is 0. The fourth-order valence-electron chi connectivity index (χ4n) is 2.04. The van der Waals surface area contributed by atoms with Crippen molar-refractivity contribution in [2.45, 2.75) is 0 Å². The Hall–Kier alpha value is -2.61. The van der Waals surface area contributed by atoms with E-state index in [1.165, 1.54) is 11.1 Å². The highest BCUT2D eigenvalue weighted by atomic mass is 15.1. The van der Waals surface area contributed by atoms with Crippen LogP contribution in [0, 0.1) is 0 Å². The zero-order valence-electron chi connectivity index (χ0n) is 10.5. The second-order valence-corrected chi connectivity index (χ2v) is 4.29. The monoisotopic (exact) mass is 246 g/mol. The van der Waals surface area contributed by atoms with Crippen molar-refractivity contribution in [3.63, 3.8) is 0 Å². The molecule has 0 spiro atoms. The third-order valence-electron chi connectivity index (χ3n) is 2.99. The van der Waals surface area contributed by atoms with E-state index >= 15 is 0 Å². The lowest BCUT2D eigenvalue weighted by Crippen LogP contribution is -1.83. The largest absolute Gasteiger partial charge is 0.285 e. The molecule has 0 fully saturated rings. The summed E-state index contributed by atoms with van der Waals surface area (Å²) in [7, 11) is 0. The summed E-state index contributed by atoms with van der Waals surface area (Å²) in [5, 5.41) is 7.10. The van der Waals surface area contributed by atoms with Crippen LogP contribution in [0.4, 0.5) is 0 Å². The van der Waals surface area contributed by atoms with Crippen molar-refractivity contribution in [3.8, 4) is 11.3 Å². The number of hydrogen-bond donors (Lipinski definition) is 1. The third kappa shape index (κ3) is 2.63. The Morgan fingerprint density at radius 1 is 0.789 bits per heavy atom. The number of aromatic nitrogens is 2. The van der Waals surface area contributed by atoms with E-state index in [4.69, 9.17) is 0 Å². The first kappa shape index (κ1) is 11.5. The second-order valence-electron chi connectivity index (χ2n) is 4.29. The van der Waals surface area contributed by atoms with Gasteiger partial charge in [0.2, 0.25) is 0 Å². The minimum atomic E-state index is 0.966. The number of rotatable bonds is 3. The van der Waals surface area contributed by atoms with Crippen molar-refractivity contribution < 1.29 is 0 Å². The minimum Gasteiger partial charge on any atom is -0.285 e. The highest BCUT2D eigenvalue weighted by Crippen LogP contribution is 2.23. The second kappa shape index (κ2) is 5.36. The molecule has 0 amide bonds. The average molecular weight is 246 g/mol. The quantitative estimate of drug-likeness (QED) is 0.688. The molecule has 2 heteroatoms. The maximum Gasteiger partial charge on any atom is 0.0926 e. The molecule has 0 atom stereocenters. The minimum absolute atomic E-state index is 0.966. The lowest BCUT2D eigenvalue weighted by molar-refractivity contribution is 1.09. The molecule has 2 aromatic carbocycles. The Morgan fingerprint density at radius 3 is 2.37 bits per heavy atom. The first-order valence-electron chi connectivity index (χ1n) is 6.26. The van der Waals surface area contributed by atoms with E-state index in [0.29, 0.717) is 0 Å². The lowest BCUT2D eigenvalue weighted by Gasteiger charge is -2.02. The van der Waals surface area contributed by atoms with Crippen LogP contribution in [0.2, 0.25) is 0 Å². The smallest absolute Gasteiger partial charge is 0.0926 e. The fourth-order valence-corrected chi connectivity index (χ4v) is 2.04. The number of nitrogens with zero attached hydrogens (tertiary/aromatic N) is 1. The Bertz CT molecular complexity index is 668. The number of benzene rings is 2. The van der Waals surface area contributed by atoms with Crippen molar-refractivity contribution >= 4 is 12.2 Å². The van der Waals surface area contributed by atoms with E-state index in [2.05, 4.69) is 46.6 Å². The van der Waals surface area contributed by atoms with Crippen molar-refractivity contribution in [2.24, 2.45) is 0 Å². The van der Waals surface area contributed by atoms with Crippen LogP contribution in [-0.4, -0.2) is 10.2 Å². The van der Waals surface area contributed by atoms with Crippen LogP contribution in [0.3, 0.4) is 0 Å². The SMILES string of the molecule is C(=C\c1ccccc1-c1cc[nH]n1)/c1ccccc1. The van der Waals surface area contributed by atoms with Crippen LogP contribution in [0.5, 0.6) is 0 Å². The van der Waals surface area contributed by atoms with Gasteiger partial charge < -0.3 is 0 Å². The van der Waals surface area contributed by atoms with Crippen LogP contribution >= 0.6 is 0 Å². The summed E-state index contributed by atoms with van der Waals surface area (Å²) in [6.07, 6.45) is 6.08. The summed E-state index contributed by atoms with van der Waals surface area (Å²) in [5.41, 5.74) is 4.46. The topological polar surface area (TPSA) is 28.7 Å². The van der Waals surface area contributed by atoms with Gasteiger partial charge >= 0.3 is 0 Å². The highest BCUT2D eigenvalue weighted by Gasteiger charge is 2.03. The Morgan fingerprint density at radius 2 is 1.58 bits per heavy atom. The molecule has 1 heterocycles. The molecule has 0 unspecified atom stereocenters. The molecule has 19 heavy (non-hydrogen) atoms. The predicted molar refractivity (Wildman–Crippen MR) is 79.4 cm³/mol. The van der Waals surface area contributed by atoms with Gasteiger partial charge in [-0.2, -0.15) is 5.10 Å². The number of hydrogen-bond acceptors (Lipinski definition) is 1. The molecule has 0 aliphatic rings. The van der Waals surface area contributed by atoms with Crippen molar-refractivity contribution in [1.82, 2.24) is 10.2 Å². The van der Waals surface area contributed by atoms with Crippen LogP contribution in [0.25, 0.3) is 23.4 Å². The van der Waals surface area contributed by atoms with Gasteiger partial charge in [0.15, 0.2) is 0 Å². The third-order valence-corrected chi connectivity index (χ3v) is 2.99. The molecule has 3 rings (SSSR count). The number of H-pyrrole nitrogens is 1. The highest BCUT2D eigenvalue weighted by molar-refractivity contribution is 5.79. The van der Waals surface area contributed by atoms with E-state index in [-0.39, 0.29) is 0 Å². The molecule has 0 saturated heterocycles. The molecule has 0 radical (unpaired) electrons. The van der Waals surface area contributed by atoms with Crippen molar-refractivity contribution in [1.29, 1.82) is 0 Å². The number of aromatic amines is 1. The zero-order valence-corrected chi connectivity index (χ0v) is 10.5. The lowest BCUT2D eigenvalue weighted by atomic mass is 10.0. The molecular formula is C17H14N2. The molecule has 0 bridgehead atoms. The van der Waals surface area contributed by atoms with Crippen LogP contribution in [-0.2, 0) is 0 Å². The molecule has 0 aliphatic heterocycles. The molecule has 3 aromatic rings. The fraction of sp³-hybridized carbons (Fsp3) is 0. The summed E-state index contributed by atoms with van der Waals surface area (Å²) >= 11 is 0. The van der Waals surface area contributed by atoms with Gasteiger partial charge in [-0.25, -0.2) is 0 Å². The van der Waals surface area contributed by atoms with E-state index < -0.39 is 0 Å². The van der Waals surface area contributed by atoms with Gasteiger partial charge in [-0.1, -0.05) is 66.7 Å². The Balaban J connectivity index is 1.96. The Kier molecular flexibility index (Phi) is 3.24. The molecule has 1 N–H and O–H groups in total. The van der Waals surface area contributed by atoms with Crippen LogP contribution < -0.4 is 0 Å². The van der Waals surface area contributed by atoms with E-state index in [1.54, 1.807) is 0 Å². The summed E-state index contributed by atoms with van der Waals surface area (Å²) in [6, 6.07) is 20.5. The molecule has 2 nitrogen and oxygen atoms in total. The first-order chi connectivity index (χ1) is 9.43. The zero-order chi connectivity index (χ0) is 12.9. The normalized spacial score (nSPS) is 10.9. The van der Waals surface area contributed by atoms with Crippen LogP contribution in [0.15, 0.2) is 66.9 Å². The van der Waals surface area contributed by atoms with Gasteiger partial charge in [0.05, 0.1) is 5.69 Å². The summed E-state index contributed by atoms with van der Waals surface area (Å²) < 4.78 is 0. The van der Waals surface area contributed by atoms with Gasteiger partial charge in [-0.3, -0.25) is 5.10 Å². The van der Waals surface area contributed by atoms with Gasteiger partial charge in [0, 0.05) is 11.8 Å². The van der Waals surface area contributed by atoms with Gasteiger partial charge in [-0.05, 0) is 17.2 Å². The maximum absolute atomic E-state index is 4.24. The Labute approximate surface area is 112 Å². The summed E-state index contributed by atoms with van der Waals surface area (Å²) in [4.78, 5) is 0. The van der Waals surface area contributed by atoms with Gasteiger partial charge in [-0.15, -0.1) is 0 Å². The van der Waals surface area contributed by atoms with Crippen molar-refractivity contribution in [3.05, 3.63) is 78.0 Å². The molecule has 1 aromatic heterocycles. The number of nitrogens with one attached hydrogen (secondary N) is 1. The summed E-state index contributed by atoms with van der Waals surface area (Å²) in [5.74, 6) is 0. The molecule has 0 aliphatic carbocycles. The standard InChI is InChI=1S/C17H14N2/c1-2-6-14(7-3-1)10-11-15-8-4-5-9-16(15)17-12-13-18-19-17/h1-13H,(H,18,19)/b11-10+. The van der Waals surface area contributed by atoms with E-state index in [1.807, 2.05) is 42.6 Å². The van der Waals surface area contributed by atoms with Gasteiger partial charge in [0.25, 0.3) is 0 Å². The predicted octanol–water partition coefficient (Wildman–Crippen LogP) is 4.25. The van der Waals surface area contributed by atoms with E-state index in [9.17, 15) is 0 Å².